The first kappa shape index (κ1) is 23.9. The van der Waals surface area contributed by atoms with E-state index in [9.17, 15) is 9.59 Å². The number of amides is 1. The van der Waals surface area contributed by atoms with Gasteiger partial charge in [0.05, 0.1) is 12.3 Å². The lowest BCUT2D eigenvalue weighted by atomic mass is 10.1. The van der Waals surface area contributed by atoms with E-state index < -0.39 is 5.97 Å². The van der Waals surface area contributed by atoms with Crippen LogP contribution in [0.3, 0.4) is 0 Å². The smallest absolute Gasteiger partial charge is 0.303 e. The fraction of sp³-hybridized carbons (Fsp3) is 0.259. The van der Waals surface area contributed by atoms with Crippen molar-refractivity contribution >= 4 is 17.6 Å². The minimum atomic E-state index is -0.863. The molecular weight excluding hydrogens is 418 g/mol. The summed E-state index contributed by atoms with van der Waals surface area (Å²) in [5.41, 5.74) is 3.44. The molecule has 6 nitrogen and oxygen atoms in total. The Kier molecular flexibility index (Phi) is 8.88. The van der Waals surface area contributed by atoms with Crippen LogP contribution in [0.1, 0.15) is 47.7 Å². The van der Waals surface area contributed by atoms with Gasteiger partial charge >= 0.3 is 5.97 Å². The second kappa shape index (κ2) is 12.3. The van der Waals surface area contributed by atoms with E-state index in [1.54, 1.807) is 48.5 Å². The molecule has 0 aliphatic carbocycles. The van der Waals surface area contributed by atoms with E-state index in [-0.39, 0.29) is 18.9 Å². The van der Waals surface area contributed by atoms with Crippen LogP contribution in [0.5, 0.6) is 11.5 Å². The van der Waals surface area contributed by atoms with Gasteiger partial charge in [-0.05, 0) is 60.4 Å². The molecule has 3 rings (SSSR count). The van der Waals surface area contributed by atoms with E-state index in [1.165, 1.54) is 5.56 Å². The topological polar surface area (TPSA) is 84.9 Å². The van der Waals surface area contributed by atoms with Crippen LogP contribution in [0.25, 0.3) is 0 Å². The standard InChI is InChI=1S/C27H29NO5/c1-2-6-20-10-12-21(13-11-20)19-33-23-16-14-22(15-17-23)27(31)28-24-7-3-4-8-25(24)32-18-5-9-26(29)30/h3-4,7-8,10-17H,2,5-6,9,18-19H2,1H3,(H,28,31)(H,29,30). The number of ether oxygens (including phenoxy) is 2. The first-order chi connectivity index (χ1) is 16.0. The lowest BCUT2D eigenvalue weighted by molar-refractivity contribution is -0.137. The number of hydrogen-bond donors (Lipinski definition) is 2. The van der Waals surface area contributed by atoms with Crippen molar-refractivity contribution in [3.63, 3.8) is 0 Å². The quantitative estimate of drug-likeness (QED) is 0.347. The number of carboxylic acids is 1. The summed E-state index contributed by atoms with van der Waals surface area (Å²) in [6.07, 6.45) is 2.63. The van der Waals surface area contributed by atoms with Crippen molar-refractivity contribution in [1.29, 1.82) is 0 Å². The van der Waals surface area contributed by atoms with Crippen molar-refractivity contribution in [3.05, 3.63) is 89.5 Å². The highest BCUT2D eigenvalue weighted by molar-refractivity contribution is 6.05. The Morgan fingerprint density at radius 1 is 0.879 bits per heavy atom. The number of anilines is 1. The summed E-state index contributed by atoms with van der Waals surface area (Å²) >= 11 is 0. The van der Waals surface area contributed by atoms with Gasteiger partial charge in [-0.15, -0.1) is 0 Å². The van der Waals surface area contributed by atoms with E-state index in [2.05, 4.69) is 36.5 Å². The van der Waals surface area contributed by atoms with Gasteiger partial charge in [-0.25, -0.2) is 0 Å². The van der Waals surface area contributed by atoms with E-state index in [0.717, 1.165) is 18.4 Å². The van der Waals surface area contributed by atoms with Crippen LogP contribution < -0.4 is 14.8 Å². The van der Waals surface area contributed by atoms with Gasteiger partial charge in [-0.2, -0.15) is 0 Å². The van der Waals surface area contributed by atoms with Crippen molar-refractivity contribution in [1.82, 2.24) is 0 Å². The predicted molar refractivity (Wildman–Crippen MR) is 128 cm³/mol. The van der Waals surface area contributed by atoms with Gasteiger partial charge in [0, 0.05) is 12.0 Å². The van der Waals surface area contributed by atoms with Gasteiger partial charge in [0.25, 0.3) is 5.91 Å². The molecule has 0 saturated heterocycles. The molecule has 0 radical (unpaired) electrons. The highest BCUT2D eigenvalue weighted by Gasteiger charge is 2.10. The Morgan fingerprint density at radius 3 is 2.27 bits per heavy atom. The number of rotatable bonds is 12. The maximum Gasteiger partial charge on any atom is 0.303 e. The van der Waals surface area contributed by atoms with E-state index >= 15 is 0 Å². The maximum absolute atomic E-state index is 12.7. The Morgan fingerprint density at radius 2 is 1.58 bits per heavy atom. The van der Waals surface area contributed by atoms with Crippen molar-refractivity contribution in [3.8, 4) is 11.5 Å². The summed E-state index contributed by atoms with van der Waals surface area (Å²) in [4.78, 5) is 23.3. The average molecular weight is 448 g/mol. The largest absolute Gasteiger partial charge is 0.491 e. The van der Waals surface area contributed by atoms with Crippen molar-refractivity contribution in [2.75, 3.05) is 11.9 Å². The number of benzene rings is 3. The van der Waals surface area contributed by atoms with Crippen LogP contribution in [-0.2, 0) is 17.8 Å². The normalized spacial score (nSPS) is 10.5. The third kappa shape index (κ3) is 7.68. The molecule has 0 fully saturated rings. The number of hydrogen-bond acceptors (Lipinski definition) is 4. The SMILES string of the molecule is CCCc1ccc(COc2ccc(C(=O)Nc3ccccc3OCCCC(=O)O)cc2)cc1. The van der Waals surface area contributed by atoms with Crippen LogP contribution in [0.15, 0.2) is 72.8 Å². The number of aliphatic carboxylic acids is 1. The van der Waals surface area contributed by atoms with Crippen LogP contribution in [0, 0.1) is 0 Å². The van der Waals surface area contributed by atoms with Gasteiger partial charge in [0.15, 0.2) is 0 Å². The Hall–Kier alpha value is -3.80. The molecule has 0 heterocycles. The first-order valence-corrected chi connectivity index (χ1v) is 11.1. The zero-order chi connectivity index (χ0) is 23.5. The van der Waals surface area contributed by atoms with Gasteiger partial charge in [-0.3, -0.25) is 9.59 Å². The van der Waals surface area contributed by atoms with E-state index in [1.807, 2.05) is 0 Å². The first-order valence-electron chi connectivity index (χ1n) is 11.1. The van der Waals surface area contributed by atoms with E-state index in [0.29, 0.717) is 35.8 Å². The molecule has 0 aliphatic rings. The molecule has 0 atom stereocenters. The molecule has 0 unspecified atom stereocenters. The fourth-order valence-corrected chi connectivity index (χ4v) is 3.26. The fourth-order valence-electron chi connectivity index (χ4n) is 3.26. The summed E-state index contributed by atoms with van der Waals surface area (Å²) < 4.78 is 11.5. The monoisotopic (exact) mass is 447 g/mol. The average Bonchev–Trinajstić information content (AvgIpc) is 2.83. The molecule has 0 saturated carbocycles. The summed E-state index contributed by atoms with van der Waals surface area (Å²) in [5, 5.41) is 11.6. The lowest BCUT2D eigenvalue weighted by Gasteiger charge is -2.12. The second-order valence-electron chi connectivity index (χ2n) is 7.68. The van der Waals surface area contributed by atoms with Crippen molar-refractivity contribution in [2.45, 2.75) is 39.2 Å². The summed E-state index contributed by atoms with van der Waals surface area (Å²) in [5.74, 6) is 0.0552. The minimum absolute atomic E-state index is 0.0348. The third-order valence-electron chi connectivity index (χ3n) is 5.01. The molecule has 0 bridgehead atoms. The number of carbonyl (C=O) groups excluding carboxylic acids is 1. The molecule has 6 heteroatoms. The van der Waals surface area contributed by atoms with Gasteiger partial charge in [-0.1, -0.05) is 49.7 Å². The summed E-state index contributed by atoms with van der Waals surface area (Å²) in [7, 11) is 0. The Labute approximate surface area is 194 Å². The zero-order valence-corrected chi connectivity index (χ0v) is 18.8. The molecule has 2 N–H and O–H groups in total. The molecule has 0 aromatic heterocycles. The zero-order valence-electron chi connectivity index (χ0n) is 18.8. The molecule has 172 valence electrons. The van der Waals surface area contributed by atoms with Crippen LogP contribution in [-0.4, -0.2) is 23.6 Å². The van der Waals surface area contributed by atoms with Crippen molar-refractivity contribution in [2.24, 2.45) is 0 Å². The van der Waals surface area contributed by atoms with Gasteiger partial charge in [0.1, 0.15) is 18.1 Å². The number of para-hydroxylation sites is 2. The third-order valence-corrected chi connectivity index (χ3v) is 5.01. The van der Waals surface area contributed by atoms with Gasteiger partial charge in [0.2, 0.25) is 0 Å². The molecule has 0 spiro atoms. The minimum Gasteiger partial charge on any atom is -0.491 e. The maximum atomic E-state index is 12.7. The molecular formula is C27H29NO5. The van der Waals surface area contributed by atoms with Crippen LogP contribution in [0.4, 0.5) is 5.69 Å². The van der Waals surface area contributed by atoms with Crippen LogP contribution >= 0.6 is 0 Å². The van der Waals surface area contributed by atoms with Crippen molar-refractivity contribution < 1.29 is 24.2 Å². The lowest BCUT2D eigenvalue weighted by Crippen LogP contribution is -2.13. The van der Waals surface area contributed by atoms with Crippen LogP contribution in [0.2, 0.25) is 0 Å². The number of nitrogens with one attached hydrogen (secondary N) is 1. The number of carbonyl (C=O) groups is 2. The Balaban J connectivity index is 1.53. The summed E-state index contributed by atoms with van der Waals surface area (Å²) in [6.45, 7) is 2.88. The molecule has 33 heavy (non-hydrogen) atoms. The molecule has 1 amide bonds. The number of carboxylic acid groups (broad SMARTS) is 1. The molecule has 3 aromatic carbocycles. The second-order valence-corrected chi connectivity index (χ2v) is 7.68. The summed E-state index contributed by atoms with van der Waals surface area (Å²) in [6, 6.07) is 22.5. The predicted octanol–water partition coefficient (Wildman–Crippen LogP) is 5.71. The van der Waals surface area contributed by atoms with E-state index in [4.69, 9.17) is 14.6 Å². The molecule has 0 aliphatic heterocycles. The Bertz CT molecular complexity index is 1040. The highest BCUT2D eigenvalue weighted by atomic mass is 16.5. The number of aryl methyl sites for hydroxylation is 1. The van der Waals surface area contributed by atoms with Gasteiger partial charge < -0.3 is 19.9 Å². The molecule has 3 aromatic rings. The highest BCUT2D eigenvalue weighted by Crippen LogP contribution is 2.25.